The molecule has 0 radical (unpaired) electrons. The molecule has 0 aliphatic carbocycles. The predicted octanol–water partition coefficient (Wildman–Crippen LogP) is 15.2. The second-order valence-electron chi connectivity index (χ2n) is 20.6. The summed E-state index contributed by atoms with van der Waals surface area (Å²) in [4.78, 5) is 13.0. The summed E-state index contributed by atoms with van der Waals surface area (Å²) in [7, 11) is -5.07. The fraction of sp³-hybridized carbons (Fsp3) is 0.820. The maximum absolute atomic E-state index is 13.0. The highest BCUT2D eigenvalue weighted by Crippen LogP contribution is 2.26. The van der Waals surface area contributed by atoms with Gasteiger partial charge in [0, 0.05) is 13.0 Å². The fourth-order valence-corrected chi connectivity index (χ4v) is 9.64. The summed E-state index contributed by atoms with van der Waals surface area (Å²) in [6.45, 7) is 3.91. The maximum Gasteiger partial charge on any atom is 0.397 e. The highest BCUT2D eigenvalue weighted by molar-refractivity contribution is 7.80. The first-order valence-corrected chi connectivity index (χ1v) is 31.4. The van der Waals surface area contributed by atoms with Gasteiger partial charge in [-0.05, 0) is 77.0 Å². The summed E-state index contributed by atoms with van der Waals surface area (Å²) in [6.07, 6.45) is 58.3. The third kappa shape index (κ3) is 43.9. The van der Waals surface area contributed by atoms with Crippen molar-refractivity contribution in [3.8, 4) is 0 Å². The monoisotopic (exact) mass is 1070 g/mol. The van der Waals surface area contributed by atoms with E-state index in [0.29, 0.717) is 13.0 Å². The first-order chi connectivity index (χ1) is 36.1. The normalized spacial score (nSPS) is 19.1. The number of esters is 1. The Morgan fingerprint density at radius 3 is 1.38 bits per heavy atom. The van der Waals surface area contributed by atoms with Gasteiger partial charge in [-0.25, -0.2) is 4.18 Å². The van der Waals surface area contributed by atoms with Crippen molar-refractivity contribution in [3.05, 3.63) is 60.8 Å². The number of rotatable bonds is 53. The molecule has 0 aromatic heterocycles. The number of carbonyl (C=O) groups is 1. The van der Waals surface area contributed by atoms with Gasteiger partial charge < -0.3 is 34.3 Å². The molecular weight excluding hydrogens is 957 g/mol. The van der Waals surface area contributed by atoms with E-state index in [9.17, 15) is 33.1 Å². The predicted molar refractivity (Wildman–Crippen MR) is 303 cm³/mol. The average molecular weight is 1070 g/mol. The van der Waals surface area contributed by atoms with Gasteiger partial charge in [-0.15, -0.1) is 0 Å². The highest BCUT2D eigenvalue weighted by atomic mass is 32.3. The molecule has 0 aromatic rings. The Morgan fingerprint density at radius 2 is 0.932 bits per heavy atom. The largest absolute Gasteiger partial charge is 0.457 e. The van der Waals surface area contributed by atoms with Crippen LogP contribution in [0, 0.1) is 0 Å². The number of allylic oxidation sites excluding steroid dienone is 10. The van der Waals surface area contributed by atoms with Gasteiger partial charge in [0.1, 0.15) is 30.5 Å². The van der Waals surface area contributed by atoms with Gasteiger partial charge in [-0.1, -0.05) is 235 Å². The lowest BCUT2D eigenvalue weighted by Crippen LogP contribution is -2.60. The summed E-state index contributed by atoms with van der Waals surface area (Å²) >= 11 is 0. The first-order valence-electron chi connectivity index (χ1n) is 30.0. The Morgan fingerprint density at radius 1 is 0.527 bits per heavy atom. The zero-order valence-corrected chi connectivity index (χ0v) is 47.7. The van der Waals surface area contributed by atoms with Crippen LogP contribution < -0.4 is 0 Å². The topological polar surface area (TPSA) is 178 Å². The SMILES string of the molecule is CC/C=C\C/C=C\C/C=C\C/C=C\CCCCCCCCCCCCC(=O)OC(COCCCCCCCCCCCCCC/C=C\CCCCCCCCCC)COC1OC(CO)C(O)C(OS(=O)(=O)O)C1O. The minimum absolute atomic E-state index is 0.0338. The van der Waals surface area contributed by atoms with Crippen molar-refractivity contribution < 1.29 is 56.2 Å². The van der Waals surface area contributed by atoms with Gasteiger partial charge >= 0.3 is 16.4 Å². The Hall–Kier alpha value is -2.20. The lowest BCUT2D eigenvalue weighted by Gasteiger charge is -2.41. The number of ether oxygens (including phenoxy) is 4. The quantitative estimate of drug-likeness (QED) is 0.0196. The minimum Gasteiger partial charge on any atom is -0.457 e. The lowest BCUT2D eigenvalue weighted by atomic mass is 9.99. The van der Waals surface area contributed by atoms with Gasteiger partial charge in [-0.3, -0.25) is 9.35 Å². The van der Waals surface area contributed by atoms with Crippen LogP contribution >= 0.6 is 0 Å². The van der Waals surface area contributed by atoms with Crippen molar-refractivity contribution >= 4 is 16.4 Å². The third-order valence-corrected chi connectivity index (χ3v) is 14.1. The summed E-state index contributed by atoms with van der Waals surface area (Å²) in [5.41, 5.74) is 0. The van der Waals surface area contributed by atoms with Crippen LogP contribution in [0.15, 0.2) is 60.8 Å². The summed E-state index contributed by atoms with van der Waals surface area (Å²) in [5, 5.41) is 30.9. The number of aliphatic hydroxyl groups excluding tert-OH is 3. The molecule has 1 heterocycles. The molecule has 0 spiro atoms. The van der Waals surface area contributed by atoms with Crippen LogP contribution in [0.4, 0.5) is 0 Å². The van der Waals surface area contributed by atoms with Crippen LogP contribution in [0.1, 0.15) is 258 Å². The molecule has 1 aliphatic rings. The van der Waals surface area contributed by atoms with Crippen molar-refractivity contribution in [3.63, 3.8) is 0 Å². The molecule has 0 aromatic carbocycles. The third-order valence-electron chi connectivity index (χ3n) is 13.6. The molecule has 0 amide bonds. The van der Waals surface area contributed by atoms with Crippen molar-refractivity contribution in [2.75, 3.05) is 26.4 Å². The van der Waals surface area contributed by atoms with Crippen molar-refractivity contribution in [2.24, 2.45) is 0 Å². The van der Waals surface area contributed by atoms with Gasteiger partial charge in [0.05, 0.1) is 19.8 Å². The van der Waals surface area contributed by atoms with Crippen molar-refractivity contribution in [1.29, 1.82) is 0 Å². The van der Waals surface area contributed by atoms with E-state index in [4.69, 9.17) is 18.9 Å². The number of unbranched alkanes of at least 4 members (excludes halogenated alkanes) is 30. The number of hydrogen-bond donors (Lipinski definition) is 4. The van der Waals surface area contributed by atoms with E-state index in [1.165, 1.54) is 161 Å². The molecule has 0 saturated carbocycles. The van der Waals surface area contributed by atoms with E-state index in [1.807, 2.05) is 0 Å². The molecule has 1 saturated heterocycles. The van der Waals surface area contributed by atoms with E-state index < -0.39 is 59.8 Å². The van der Waals surface area contributed by atoms with E-state index in [1.54, 1.807) is 0 Å². The average Bonchev–Trinajstić information content (AvgIpc) is 3.38. The van der Waals surface area contributed by atoms with E-state index >= 15 is 0 Å². The fourth-order valence-electron chi connectivity index (χ4n) is 9.13. The van der Waals surface area contributed by atoms with E-state index in [2.05, 4.69) is 78.8 Å². The molecular formula is C61H110O12S. The van der Waals surface area contributed by atoms with E-state index in [-0.39, 0.29) is 19.6 Å². The van der Waals surface area contributed by atoms with Crippen LogP contribution in [-0.4, -0.2) is 97.5 Å². The zero-order chi connectivity index (χ0) is 53.8. The molecule has 1 fully saturated rings. The van der Waals surface area contributed by atoms with Crippen LogP contribution in [0.5, 0.6) is 0 Å². The Kier molecular flexibility index (Phi) is 48.6. The minimum atomic E-state index is -5.07. The van der Waals surface area contributed by atoms with Crippen molar-refractivity contribution in [1.82, 2.24) is 0 Å². The molecule has 0 bridgehead atoms. The Labute approximate surface area is 452 Å². The second-order valence-corrected chi connectivity index (χ2v) is 21.6. The summed E-state index contributed by atoms with van der Waals surface area (Å²) < 4.78 is 59.5. The molecule has 13 heteroatoms. The van der Waals surface area contributed by atoms with Crippen LogP contribution in [0.25, 0.3) is 0 Å². The van der Waals surface area contributed by atoms with Crippen LogP contribution in [0.3, 0.4) is 0 Å². The van der Waals surface area contributed by atoms with Gasteiger partial charge in [0.15, 0.2) is 6.29 Å². The second kappa shape index (κ2) is 51.6. The molecule has 74 heavy (non-hydrogen) atoms. The van der Waals surface area contributed by atoms with E-state index in [0.717, 1.165) is 70.6 Å². The number of carbonyl (C=O) groups excluding carboxylic acids is 1. The molecule has 1 aliphatic heterocycles. The zero-order valence-electron chi connectivity index (χ0n) is 46.9. The number of aliphatic hydroxyl groups is 3. The van der Waals surface area contributed by atoms with Gasteiger partial charge in [-0.2, -0.15) is 8.42 Å². The van der Waals surface area contributed by atoms with Crippen LogP contribution in [0.2, 0.25) is 0 Å². The molecule has 1 rings (SSSR count). The Balaban J connectivity index is 2.28. The molecule has 4 N–H and O–H groups in total. The molecule has 6 unspecified atom stereocenters. The van der Waals surface area contributed by atoms with Gasteiger partial charge in [0.25, 0.3) is 0 Å². The molecule has 6 atom stereocenters. The number of hydrogen-bond acceptors (Lipinski definition) is 11. The maximum atomic E-state index is 13.0. The Bertz CT molecular complexity index is 1510. The smallest absolute Gasteiger partial charge is 0.397 e. The lowest BCUT2D eigenvalue weighted by molar-refractivity contribution is -0.301. The first kappa shape index (κ1) is 69.8. The molecule has 432 valence electrons. The highest BCUT2D eigenvalue weighted by Gasteiger charge is 2.48. The molecule has 12 nitrogen and oxygen atoms in total. The summed E-state index contributed by atoms with van der Waals surface area (Å²) in [5.74, 6) is -0.402. The summed E-state index contributed by atoms with van der Waals surface area (Å²) in [6, 6.07) is 0. The standard InChI is InChI=1S/C61H110O12S/c1-3-5-7-9-11-13-15-17-19-21-23-25-27-29-31-33-35-37-39-41-43-45-47-49-51-69-53-55(54-70-61-59(65)60(73-74(66,67)68)58(64)56(52-62)72-61)71-57(63)50-48-46-44-42-40-38-36-34-32-30-28-26-24-22-20-18-16-14-12-10-8-6-4-2/h6,8,12,14,18,20-21,23-24,26,55-56,58-62,64-65H,3-5,7,9-11,13,15-17,19,22,25,27-54H2,1-2H3,(H,66,67,68)/b8-6-,14-12-,20-18-,23-21-,26-24-. The van der Waals surface area contributed by atoms with Crippen LogP contribution in [-0.2, 0) is 38.3 Å². The van der Waals surface area contributed by atoms with Gasteiger partial charge in [0.2, 0.25) is 0 Å². The van der Waals surface area contributed by atoms with Crippen molar-refractivity contribution in [2.45, 2.75) is 295 Å².